The SMILES string of the molecule is CCOC(=O)CC1(NC(=O)N2CCC3(CC2)Nc2cc(OC)ccc2-n2cccc23)CCCCC1. The number of carbonyl (C=O) groups excluding carboxylic acids is 2. The molecule has 5 rings (SSSR count). The van der Waals surface area contributed by atoms with Gasteiger partial charge in [0, 0.05) is 31.0 Å². The third-order valence-electron chi connectivity index (χ3n) is 7.95. The molecule has 8 nitrogen and oxygen atoms in total. The van der Waals surface area contributed by atoms with Crippen LogP contribution in [0.2, 0.25) is 0 Å². The molecule has 1 saturated heterocycles. The van der Waals surface area contributed by atoms with Crippen molar-refractivity contribution >= 4 is 17.7 Å². The Morgan fingerprint density at radius 2 is 1.86 bits per heavy atom. The molecule has 0 bridgehead atoms. The summed E-state index contributed by atoms with van der Waals surface area (Å²) in [6.45, 7) is 3.45. The van der Waals surface area contributed by atoms with Gasteiger partial charge in [0.15, 0.2) is 0 Å². The summed E-state index contributed by atoms with van der Waals surface area (Å²) in [6.07, 6.45) is 8.77. The monoisotopic (exact) mass is 480 g/mol. The van der Waals surface area contributed by atoms with Gasteiger partial charge in [0.25, 0.3) is 0 Å². The third-order valence-corrected chi connectivity index (χ3v) is 7.95. The molecule has 0 atom stereocenters. The second-order valence-electron chi connectivity index (χ2n) is 10.1. The number of esters is 1. The van der Waals surface area contributed by atoms with Gasteiger partial charge in [0.05, 0.1) is 42.6 Å². The number of anilines is 1. The molecular formula is C27H36N4O4. The summed E-state index contributed by atoms with van der Waals surface area (Å²) in [5.41, 5.74) is 2.63. The number of carbonyl (C=O) groups is 2. The van der Waals surface area contributed by atoms with Gasteiger partial charge in [-0.05, 0) is 56.9 Å². The zero-order chi connectivity index (χ0) is 24.5. The van der Waals surface area contributed by atoms with Gasteiger partial charge in [0.2, 0.25) is 0 Å². The van der Waals surface area contributed by atoms with Gasteiger partial charge in [-0.15, -0.1) is 0 Å². The average molecular weight is 481 g/mol. The number of hydrogen-bond acceptors (Lipinski definition) is 5. The third kappa shape index (κ3) is 4.46. The van der Waals surface area contributed by atoms with Gasteiger partial charge in [0.1, 0.15) is 5.75 Å². The van der Waals surface area contributed by atoms with Crippen LogP contribution in [0, 0.1) is 0 Å². The van der Waals surface area contributed by atoms with Crippen molar-refractivity contribution in [3.63, 3.8) is 0 Å². The van der Waals surface area contributed by atoms with Crippen LogP contribution in [0.4, 0.5) is 10.5 Å². The lowest BCUT2D eigenvalue weighted by Crippen LogP contribution is -2.58. The maximum atomic E-state index is 13.4. The van der Waals surface area contributed by atoms with Crippen LogP contribution >= 0.6 is 0 Å². The average Bonchev–Trinajstić information content (AvgIpc) is 3.36. The largest absolute Gasteiger partial charge is 0.497 e. The predicted octanol–water partition coefficient (Wildman–Crippen LogP) is 4.57. The molecule has 2 N–H and O–H groups in total. The van der Waals surface area contributed by atoms with E-state index in [2.05, 4.69) is 39.6 Å². The van der Waals surface area contributed by atoms with Crippen LogP contribution in [-0.2, 0) is 15.1 Å². The molecule has 1 spiro atoms. The number of amides is 2. The summed E-state index contributed by atoms with van der Waals surface area (Å²) in [4.78, 5) is 27.6. The summed E-state index contributed by atoms with van der Waals surface area (Å²) in [5, 5.41) is 7.07. The standard InChI is InChI=1S/C27H36N4O4/c1-3-35-24(32)19-26(11-5-4-6-12-26)29-25(33)30-16-13-27(14-17-30)23-8-7-15-31(23)22-10-9-20(34-2)18-21(22)28-27/h7-10,15,18,28H,3-6,11-14,16-17,19H2,1-2H3,(H,29,33). The number of nitrogens with zero attached hydrogens (tertiary/aromatic N) is 2. The van der Waals surface area contributed by atoms with Crippen LogP contribution in [0.3, 0.4) is 0 Å². The molecule has 2 amide bonds. The summed E-state index contributed by atoms with van der Waals surface area (Å²) in [5.74, 6) is 0.590. The number of fused-ring (bicyclic) bond motifs is 4. The molecule has 2 aliphatic heterocycles. The molecule has 8 heteroatoms. The van der Waals surface area contributed by atoms with E-state index < -0.39 is 5.54 Å². The number of methoxy groups -OCH3 is 1. The quantitative estimate of drug-likeness (QED) is 0.613. The Labute approximate surface area is 207 Å². The normalized spacial score (nSPS) is 19.8. The summed E-state index contributed by atoms with van der Waals surface area (Å²) >= 11 is 0. The van der Waals surface area contributed by atoms with E-state index in [1.165, 1.54) is 5.69 Å². The van der Waals surface area contributed by atoms with Crippen molar-refractivity contribution in [3.05, 3.63) is 42.2 Å². The van der Waals surface area contributed by atoms with Gasteiger partial charge in [-0.3, -0.25) is 4.79 Å². The van der Waals surface area contributed by atoms with Crippen molar-refractivity contribution in [3.8, 4) is 11.4 Å². The molecule has 1 saturated carbocycles. The Kier molecular flexibility index (Phi) is 6.38. The highest BCUT2D eigenvalue weighted by atomic mass is 16.5. The zero-order valence-corrected chi connectivity index (χ0v) is 20.8. The van der Waals surface area contributed by atoms with Crippen molar-refractivity contribution < 1.29 is 19.1 Å². The van der Waals surface area contributed by atoms with Gasteiger partial charge in [-0.25, -0.2) is 4.79 Å². The lowest BCUT2D eigenvalue weighted by Gasteiger charge is -2.47. The molecule has 0 unspecified atom stereocenters. The first-order valence-electron chi connectivity index (χ1n) is 12.8. The molecule has 188 valence electrons. The maximum Gasteiger partial charge on any atom is 0.317 e. The first kappa shape index (κ1) is 23.6. The Hall–Kier alpha value is -3.16. The van der Waals surface area contributed by atoms with E-state index >= 15 is 0 Å². The smallest absolute Gasteiger partial charge is 0.317 e. The number of likely N-dealkylation sites (tertiary alicyclic amines) is 1. The number of ether oxygens (including phenoxy) is 2. The number of piperidine rings is 1. The maximum absolute atomic E-state index is 13.4. The second-order valence-corrected chi connectivity index (χ2v) is 10.1. The van der Waals surface area contributed by atoms with Crippen molar-refractivity contribution in [2.24, 2.45) is 0 Å². The fourth-order valence-corrected chi connectivity index (χ4v) is 6.10. The van der Waals surface area contributed by atoms with E-state index in [1.807, 2.05) is 24.0 Å². The zero-order valence-electron chi connectivity index (χ0n) is 20.8. The van der Waals surface area contributed by atoms with Crippen LogP contribution in [0.25, 0.3) is 5.69 Å². The molecular weight excluding hydrogens is 444 g/mol. The molecule has 0 radical (unpaired) electrons. The molecule has 1 aromatic heterocycles. The number of aromatic nitrogens is 1. The predicted molar refractivity (Wildman–Crippen MR) is 134 cm³/mol. The van der Waals surface area contributed by atoms with Crippen molar-refractivity contribution in [1.29, 1.82) is 0 Å². The summed E-state index contributed by atoms with van der Waals surface area (Å²) in [6, 6.07) is 10.3. The first-order valence-corrected chi connectivity index (χ1v) is 12.8. The fourth-order valence-electron chi connectivity index (χ4n) is 6.10. The molecule has 3 heterocycles. The number of rotatable bonds is 5. The minimum absolute atomic E-state index is 0.0701. The molecule has 1 aromatic carbocycles. The lowest BCUT2D eigenvalue weighted by molar-refractivity contribution is -0.145. The van der Waals surface area contributed by atoms with Gasteiger partial charge in [-0.1, -0.05) is 19.3 Å². The van der Waals surface area contributed by atoms with E-state index in [0.717, 1.165) is 62.1 Å². The minimum Gasteiger partial charge on any atom is -0.497 e. The molecule has 1 aliphatic carbocycles. The fraction of sp³-hybridized carbons (Fsp3) is 0.556. The number of nitrogens with one attached hydrogen (secondary N) is 2. The summed E-state index contributed by atoms with van der Waals surface area (Å²) in [7, 11) is 1.68. The number of urea groups is 1. The van der Waals surface area contributed by atoms with E-state index in [9.17, 15) is 9.59 Å². The van der Waals surface area contributed by atoms with Gasteiger partial charge in [-0.2, -0.15) is 0 Å². The lowest BCUT2D eigenvalue weighted by atomic mass is 9.79. The second kappa shape index (κ2) is 9.47. The molecule has 2 fully saturated rings. The van der Waals surface area contributed by atoms with Crippen LogP contribution in [0.5, 0.6) is 5.75 Å². The Bertz CT molecular complexity index is 1080. The van der Waals surface area contributed by atoms with Crippen LogP contribution in [0.1, 0.15) is 64.0 Å². The summed E-state index contributed by atoms with van der Waals surface area (Å²) < 4.78 is 12.9. The Balaban J connectivity index is 1.30. The Morgan fingerprint density at radius 1 is 1.09 bits per heavy atom. The van der Waals surface area contributed by atoms with E-state index in [-0.39, 0.29) is 24.0 Å². The van der Waals surface area contributed by atoms with Crippen LogP contribution in [0.15, 0.2) is 36.5 Å². The van der Waals surface area contributed by atoms with E-state index in [1.54, 1.807) is 7.11 Å². The number of benzene rings is 1. The number of hydrogen-bond donors (Lipinski definition) is 2. The highest BCUT2D eigenvalue weighted by Gasteiger charge is 2.44. The van der Waals surface area contributed by atoms with Gasteiger partial charge >= 0.3 is 12.0 Å². The Morgan fingerprint density at radius 3 is 2.57 bits per heavy atom. The topological polar surface area (TPSA) is 84.8 Å². The molecule has 2 aromatic rings. The van der Waals surface area contributed by atoms with Gasteiger partial charge < -0.3 is 29.6 Å². The highest BCUT2D eigenvalue weighted by Crippen LogP contribution is 2.44. The van der Waals surface area contributed by atoms with E-state index in [0.29, 0.717) is 19.7 Å². The minimum atomic E-state index is -0.496. The van der Waals surface area contributed by atoms with E-state index in [4.69, 9.17) is 9.47 Å². The van der Waals surface area contributed by atoms with Crippen molar-refractivity contribution in [2.75, 3.05) is 32.1 Å². The first-order chi connectivity index (χ1) is 17.0. The van der Waals surface area contributed by atoms with Crippen LogP contribution < -0.4 is 15.4 Å². The highest BCUT2D eigenvalue weighted by molar-refractivity contribution is 5.78. The van der Waals surface area contributed by atoms with Crippen molar-refractivity contribution in [1.82, 2.24) is 14.8 Å². The van der Waals surface area contributed by atoms with Crippen molar-refractivity contribution in [2.45, 2.75) is 69.4 Å². The molecule has 3 aliphatic rings. The van der Waals surface area contributed by atoms with Crippen LogP contribution in [-0.4, -0.2) is 53.8 Å². The molecule has 35 heavy (non-hydrogen) atoms.